The topological polar surface area (TPSA) is 22.1 Å². The monoisotopic (exact) mass is 265 g/mol. The first-order valence-electron chi connectivity index (χ1n) is 5.41. The SMILES string of the molecule is C=Cc1cc(OC(F)(F)F)cc(-c2cccnc2)c1. The molecule has 0 saturated carbocycles. The van der Waals surface area contributed by atoms with Crippen LogP contribution in [0, 0.1) is 0 Å². The smallest absolute Gasteiger partial charge is 0.406 e. The molecule has 0 saturated heterocycles. The Morgan fingerprint density at radius 1 is 1.16 bits per heavy atom. The average Bonchev–Trinajstić information content (AvgIpc) is 2.37. The highest BCUT2D eigenvalue weighted by Crippen LogP contribution is 2.29. The number of halogens is 3. The molecule has 0 unspecified atom stereocenters. The van der Waals surface area contributed by atoms with E-state index in [0.29, 0.717) is 16.7 Å². The van der Waals surface area contributed by atoms with Crippen LogP contribution in [0.2, 0.25) is 0 Å². The number of ether oxygens (including phenoxy) is 1. The van der Waals surface area contributed by atoms with Crippen molar-refractivity contribution < 1.29 is 17.9 Å². The lowest BCUT2D eigenvalue weighted by molar-refractivity contribution is -0.274. The first-order valence-corrected chi connectivity index (χ1v) is 5.41. The Hall–Kier alpha value is -2.30. The molecule has 2 rings (SSSR count). The van der Waals surface area contributed by atoms with Crippen molar-refractivity contribution in [1.82, 2.24) is 4.98 Å². The second-order valence-electron chi connectivity index (χ2n) is 3.78. The summed E-state index contributed by atoms with van der Waals surface area (Å²) in [6, 6.07) is 7.78. The number of nitrogens with zero attached hydrogens (tertiary/aromatic N) is 1. The molecule has 0 aliphatic rings. The van der Waals surface area contributed by atoms with Crippen LogP contribution in [-0.4, -0.2) is 11.3 Å². The van der Waals surface area contributed by atoms with E-state index in [9.17, 15) is 13.2 Å². The van der Waals surface area contributed by atoms with Gasteiger partial charge in [0, 0.05) is 18.0 Å². The molecule has 0 amide bonds. The predicted molar refractivity (Wildman–Crippen MR) is 66.4 cm³/mol. The van der Waals surface area contributed by atoms with Crippen LogP contribution in [0.3, 0.4) is 0 Å². The molecule has 2 nitrogen and oxygen atoms in total. The lowest BCUT2D eigenvalue weighted by Crippen LogP contribution is -2.17. The first kappa shape index (κ1) is 13.1. The van der Waals surface area contributed by atoms with Crippen molar-refractivity contribution in [3.63, 3.8) is 0 Å². The minimum Gasteiger partial charge on any atom is -0.406 e. The molecule has 19 heavy (non-hydrogen) atoms. The summed E-state index contributed by atoms with van der Waals surface area (Å²) in [5, 5.41) is 0. The molecular formula is C14H10F3NO. The Kier molecular flexibility index (Phi) is 3.55. The van der Waals surface area contributed by atoms with E-state index < -0.39 is 6.36 Å². The molecule has 0 radical (unpaired) electrons. The summed E-state index contributed by atoms with van der Waals surface area (Å²) in [6.07, 6.45) is -0.0946. The van der Waals surface area contributed by atoms with Crippen molar-refractivity contribution in [2.75, 3.05) is 0 Å². The third-order valence-corrected chi connectivity index (χ3v) is 2.39. The molecule has 0 bridgehead atoms. The lowest BCUT2D eigenvalue weighted by atomic mass is 10.0. The van der Waals surface area contributed by atoms with Gasteiger partial charge in [0.15, 0.2) is 0 Å². The fraction of sp³-hybridized carbons (Fsp3) is 0.0714. The predicted octanol–water partition coefficient (Wildman–Crippen LogP) is 4.29. The zero-order chi connectivity index (χ0) is 13.9. The van der Waals surface area contributed by atoms with E-state index in [2.05, 4.69) is 16.3 Å². The van der Waals surface area contributed by atoms with E-state index in [1.165, 1.54) is 18.2 Å². The molecule has 1 aromatic heterocycles. The summed E-state index contributed by atoms with van der Waals surface area (Å²) in [4.78, 5) is 3.93. The first-order chi connectivity index (χ1) is 8.98. The minimum absolute atomic E-state index is 0.274. The van der Waals surface area contributed by atoms with Gasteiger partial charge in [-0.25, -0.2) is 0 Å². The van der Waals surface area contributed by atoms with Crippen molar-refractivity contribution in [2.45, 2.75) is 6.36 Å². The third kappa shape index (κ3) is 3.58. The van der Waals surface area contributed by atoms with Gasteiger partial charge in [0.05, 0.1) is 0 Å². The maximum absolute atomic E-state index is 12.3. The molecule has 0 aliphatic heterocycles. The highest BCUT2D eigenvalue weighted by atomic mass is 19.4. The number of alkyl halides is 3. The quantitative estimate of drug-likeness (QED) is 0.825. The van der Waals surface area contributed by atoms with Gasteiger partial charge in [-0.05, 0) is 35.4 Å². The van der Waals surface area contributed by atoms with Gasteiger partial charge in [0.2, 0.25) is 0 Å². The zero-order valence-electron chi connectivity index (χ0n) is 9.82. The standard InChI is InChI=1S/C14H10F3NO/c1-2-10-6-12(11-4-3-5-18-9-11)8-13(7-10)19-14(15,16)17/h2-9H,1H2. The summed E-state index contributed by atoms with van der Waals surface area (Å²) in [7, 11) is 0. The summed E-state index contributed by atoms with van der Waals surface area (Å²) in [5.41, 5.74) is 1.84. The van der Waals surface area contributed by atoms with Gasteiger partial charge in [-0.3, -0.25) is 4.98 Å². The Morgan fingerprint density at radius 2 is 1.95 bits per heavy atom. The Balaban J connectivity index is 2.45. The van der Waals surface area contributed by atoms with E-state index in [0.717, 1.165) is 0 Å². The van der Waals surface area contributed by atoms with E-state index in [-0.39, 0.29) is 5.75 Å². The minimum atomic E-state index is -4.72. The van der Waals surface area contributed by atoms with Gasteiger partial charge in [0.25, 0.3) is 0 Å². The van der Waals surface area contributed by atoms with Crippen molar-refractivity contribution in [3.05, 3.63) is 54.9 Å². The lowest BCUT2D eigenvalue weighted by Gasteiger charge is -2.11. The molecule has 98 valence electrons. The second-order valence-corrected chi connectivity index (χ2v) is 3.78. The summed E-state index contributed by atoms with van der Waals surface area (Å²) in [6.45, 7) is 3.55. The molecule has 1 heterocycles. The Labute approximate surface area is 108 Å². The molecular weight excluding hydrogens is 255 g/mol. The van der Waals surface area contributed by atoms with Gasteiger partial charge >= 0.3 is 6.36 Å². The third-order valence-electron chi connectivity index (χ3n) is 2.39. The number of rotatable bonds is 3. The van der Waals surface area contributed by atoms with Crippen LogP contribution in [0.15, 0.2) is 49.3 Å². The van der Waals surface area contributed by atoms with Crippen molar-refractivity contribution in [2.24, 2.45) is 0 Å². The number of hydrogen-bond acceptors (Lipinski definition) is 2. The average molecular weight is 265 g/mol. The van der Waals surface area contributed by atoms with Crippen LogP contribution < -0.4 is 4.74 Å². The largest absolute Gasteiger partial charge is 0.573 e. The molecule has 0 aliphatic carbocycles. The van der Waals surface area contributed by atoms with Crippen LogP contribution in [0.25, 0.3) is 17.2 Å². The van der Waals surface area contributed by atoms with E-state index >= 15 is 0 Å². The Bertz CT molecular complexity index is 579. The van der Waals surface area contributed by atoms with Crippen LogP contribution in [0.5, 0.6) is 5.75 Å². The molecule has 0 spiro atoms. The fourth-order valence-electron chi connectivity index (χ4n) is 1.63. The Morgan fingerprint density at radius 3 is 2.53 bits per heavy atom. The number of benzene rings is 1. The van der Waals surface area contributed by atoms with Gasteiger partial charge in [-0.15, -0.1) is 13.2 Å². The molecule has 2 aromatic rings. The van der Waals surface area contributed by atoms with Gasteiger partial charge < -0.3 is 4.74 Å². The van der Waals surface area contributed by atoms with Gasteiger partial charge in [-0.2, -0.15) is 0 Å². The van der Waals surface area contributed by atoms with Gasteiger partial charge in [-0.1, -0.05) is 18.7 Å². The molecule has 1 aromatic carbocycles. The van der Waals surface area contributed by atoms with Gasteiger partial charge in [0.1, 0.15) is 5.75 Å². The summed E-state index contributed by atoms with van der Waals surface area (Å²) in [5.74, 6) is -0.274. The number of aromatic nitrogens is 1. The highest BCUT2D eigenvalue weighted by molar-refractivity contribution is 5.68. The number of hydrogen-bond donors (Lipinski definition) is 0. The normalized spacial score (nSPS) is 11.1. The van der Waals surface area contributed by atoms with Crippen LogP contribution in [0.1, 0.15) is 5.56 Å². The van der Waals surface area contributed by atoms with E-state index in [1.807, 2.05) is 0 Å². The molecule has 0 atom stereocenters. The summed E-state index contributed by atoms with van der Waals surface area (Å²) >= 11 is 0. The summed E-state index contributed by atoms with van der Waals surface area (Å²) < 4.78 is 40.7. The molecule has 0 fully saturated rings. The van der Waals surface area contributed by atoms with Crippen LogP contribution in [0.4, 0.5) is 13.2 Å². The fourth-order valence-corrected chi connectivity index (χ4v) is 1.63. The van der Waals surface area contributed by atoms with E-state index in [4.69, 9.17) is 0 Å². The van der Waals surface area contributed by atoms with Crippen molar-refractivity contribution in [3.8, 4) is 16.9 Å². The van der Waals surface area contributed by atoms with Crippen LogP contribution >= 0.6 is 0 Å². The van der Waals surface area contributed by atoms with Crippen molar-refractivity contribution >= 4 is 6.08 Å². The second kappa shape index (κ2) is 5.14. The van der Waals surface area contributed by atoms with Crippen LogP contribution in [-0.2, 0) is 0 Å². The maximum atomic E-state index is 12.3. The zero-order valence-corrected chi connectivity index (χ0v) is 9.82. The highest BCUT2D eigenvalue weighted by Gasteiger charge is 2.31. The molecule has 0 N–H and O–H groups in total. The molecule has 5 heteroatoms. The van der Waals surface area contributed by atoms with Crippen molar-refractivity contribution in [1.29, 1.82) is 0 Å². The number of pyridine rings is 1. The maximum Gasteiger partial charge on any atom is 0.573 e. The van der Waals surface area contributed by atoms with E-state index in [1.54, 1.807) is 30.6 Å².